The molecule has 0 nitrogen and oxygen atoms in total. The van der Waals surface area contributed by atoms with E-state index in [-0.39, 0.29) is 7.43 Å². The van der Waals surface area contributed by atoms with Crippen LogP contribution < -0.4 is 0 Å². The maximum absolute atomic E-state index is 6.21. The van der Waals surface area contributed by atoms with Gasteiger partial charge in [0.25, 0.3) is 0 Å². The second-order valence-corrected chi connectivity index (χ2v) is 21.4. The van der Waals surface area contributed by atoms with Crippen LogP contribution in [-0.2, 0) is 0 Å². The molecule has 0 saturated heterocycles. The van der Waals surface area contributed by atoms with Gasteiger partial charge in [0.05, 0.1) is 0 Å². The van der Waals surface area contributed by atoms with Crippen molar-refractivity contribution in [1.29, 1.82) is 0 Å². The van der Waals surface area contributed by atoms with Crippen molar-refractivity contribution in [3.05, 3.63) is 170 Å². The molecule has 0 N–H and O–H groups in total. The fraction of sp³-hybridized carbons (Fsp3) is 0.562. The highest BCUT2D eigenvalue weighted by Crippen LogP contribution is 2.71. The Balaban J connectivity index is 0.000000124. The average Bonchev–Trinajstić information content (AvgIpc) is 4.22. The van der Waals surface area contributed by atoms with Crippen LogP contribution in [0.25, 0.3) is 0 Å². The third kappa shape index (κ3) is 11.2. The van der Waals surface area contributed by atoms with Gasteiger partial charge in [-0.3, -0.25) is 0 Å². The SMILES string of the molecule is C.C1=CC2C(C1)C1CC2C2C3C=CC(C3)C12.C1=CC2C(C1)C1CC2C2C3C=CC(C3)C12.C1=CC2C3C=CC(C3)C2C1.C1=CCC=C1.C1=CCC=C1.C1=CCC=C1.C1=CCC=C1.[2H]C([2H])P.[2H]C([3H])P.[2H]CP. The number of allylic oxidation sites excluding steroid dienone is 28. The van der Waals surface area contributed by atoms with Crippen molar-refractivity contribution < 1.29 is 6.85 Å². The van der Waals surface area contributed by atoms with E-state index < -0.39 is 13.2 Å². The first-order valence-electron chi connectivity index (χ1n) is 29.2. The Kier molecular flexibility index (Phi) is 17.9. The number of fused-ring (bicyclic) bond motifs is 29. The number of rotatable bonds is 0. The smallest absolute Gasteiger partial charge is 0.0274 e. The molecule has 0 radical (unpaired) electrons. The first kappa shape index (κ1) is 45.8. The molecule has 0 aromatic carbocycles. The maximum Gasteiger partial charge on any atom is 0.0274 e. The Morgan fingerprint density at radius 3 is 0.970 bits per heavy atom. The van der Waals surface area contributed by atoms with E-state index in [4.69, 9.17) is 6.85 Å². The molecule has 67 heavy (non-hydrogen) atoms. The normalized spacial score (nSPS) is 45.0. The molecule has 7 fully saturated rings. The van der Waals surface area contributed by atoms with E-state index in [0.717, 1.165) is 144 Å². The topological polar surface area (TPSA) is 0 Å². The second kappa shape index (κ2) is 26.2. The highest BCUT2D eigenvalue weighted by molar-refractivity contribution is 7.15. The summed E-state index contributed by atoms with van der Waals surface area (Å²) in [6, 6.07) is 0. The molecule has 17 aliphatic carbocycles. The van der Waals surface area contributed by atoms with Crippen LogP contribution in [0.1, 0.15) is 91.3 Å². The van der Waals surface area contributed by atoms with E-state index in [1.807, 2.05) is 18.5 Å². The fourth-order valence-corrected chi connectivity index (χ4v) is 17.0. The summed E-state index contributed by atoms with van der Waals surface area (Å²) < 4.78 is 31.0. The Morgan fingerprint density at radius 2 is 0.642 bits per heavy atom. The van der Waals surface area contributed by atoms with Gasteiger partial charge >= 0.3 is 0 Å². The first-order valence-corrected chi connectivity index (χ1v) is 28.4. The standard InChI is InChI=1S/2C15H18.C10H12.4C5H6.3CH5P.CH4/c2*1-2-10-11(3-1)13-7-12(10)14-8-4-5-9(6-8)15(13)14;1-2-9-7-4-5-8(6-7)10(9)3-1;4*1-2-4-5-3-1;3*1-2;/h2*1-2,4-5,8-15H,3,6-7H2;1-2,4-5,7-10H,3,6H2;4*1-4H,5H2;3*2H2,1H3;1H4/i;;;;;;;1TD;1D2;1D;. The Labute approximate surface area is 425 Å². The van der Waals surface area contributed by atoms with Crippen LogP contribution in [0, 0.1) is 118 Å². The minimum atomic E-state index is -0.750. The molecule has 3 heteroatoms. The van der Waals surface area contributed by atoms with Gasteiger partial charge in [0.1, 0.15) is 0 Å². The molecular weight excluding hydrogens is 862 g/mol. The van der Waals surface area contributed by atoms with Gasteiger partial charge in [-0.2, -0.15) is 0 Å². The third-order valence-electron chi connectivity index (χ3n) is 18.9. The van der Waals surface area contributed by atoms with Crippen molar-refractivity contribution in [2.45, 2.75) is 84.5 Å². The van der Waals surface area contributed by atoms with E-state index >= 15 is 0 Å². The zero-order valence-electron chi connectivity index (χ0n) is 44.8. The molecule has 0 aromatic heterocycles. The van der Waals surface area contributed by atoms with Crippen molar-refractivity contribution in [2.75, 3.05) is 19.9 Å². The third-order valence-corrected chi connectivity index (χ3v) is 18.9. The molecule has 0 amide bonds. The van der Waals surface area contributed by atoms with Gasteiger partial charge in [-0.05, 0) is 195 Å². The number of hydrogen-bond acceptors (Lipinski definition) is 0. The highest BCUT2D eigenvalue weighted by Gasteiger charge is 2.65. The van der Waals surface area contributed by atoms with E-state index in [1.165, 1.54) is 38.5 Å². The van der Waals surface area contributed by atoms with Gasteiger partial charge in [0.15, 0.2) is 0 Å². The van der Waals surface area contributed by atoms with E-state index in [9.17, 15) is 0 Å². The molecule has 7 saturated carbocycles. The highest BCUT2D eigenvalue weighted by atomic mass is 31.0. The lowest BCUT2D eigenvalue weighted by Gasteiger charge is -2.38. The first-order chi connectivity index (χ1) is 34.7. The molecule has 0 spiro atoms. The zero-order chi connectivity index (χ0) is 49.7. The Hall–Kier alpha value is -2.35. The van der Waals surface area contributed by atoms with Crippen molar-refractivity contribution >= 4 is 27.7 Å². The lowest BCUT2D eigenvalue weighted by Crippen LogP contribution is -2.34. The molecule has 17 aliphatic rings. The summed E-state index contributed by atoms with van der Waals surface area (Å²) in [6.45, 7) is -1.08. The van der Waals surface area contributed by atoms with Gasteiger partial charge in [-0.25, -0.2) is 0 Å². The molecule has 0 heterocycles. The maximum atomic E-state index is 6.21. The van der Waals surface area contributed by atoms with Gasteiger partial charge in [-0.1, -0.05) is 197 Å². The van der Waals surface area contributed by atoms with Crippen molar-refractivity contribution in [3.63, 3.8) is 0 Å². The van der Waals surface area contributed by atoms with Crippen LogP contribution >= 0.6 is 27.7 Å². The molecule has 362 valence electrons. The van der Waals surface area contributed by atoms with Gasteiger partial charge < -0.3 is 0 Å². The van der Waals surface area contributed by atoms with Crippen LogP contribution in [0.2, 0.25) is 0 Å². The molecule has 17 rings (SSSR count). The van der Waals surface area contributed by atoms with Crippen LogP contribution in [0.15, 0.2) is 170 Å². The molecule has 24 unspecified atom stereocenters. The monoisotopic (exact) mass is 959 g/mol. The summed E-state index contributed by atoms with van der Waals surface area (Å²) in [7, 11) is 6.23. The predicted octanol–water partition coefficient (Wildman–Crippen LogP) is 17.0. The summed E-state index contributed by atoms with van der Waals surface area (Å²) >= 11 is 0. The zero-order valence-corrected chi connectivity index (χ0v) is 43.3. The summed E-state index contributed by atoms with van der Waals surface area (Å²) in [5.41, 5.74) is 0. The van der Waals surface area contributed by atoms with Gasteiger partial charge in [-0.15, -0.1) is 27.7 Å². The van der Waals surface area contributed by atoms with Gasteiger partial charge in [0, 0.05) is 6.85 Å². The van der Waals surface area contributed by atoms with Crippen LogP contribution in [0.5, 0.6) is 0 Å². The average molecular weight is 959 g/mol. The van der Waals surface area contributed by atoms with Crippen LogP contribution in [0.3, 0.4) is 0 Å². The molecule has 0 aromatic rings. The minimum absolute atomic E-state index is 0. The number of hydrogen-bond donors (Lipinski definition) is 0. The van der Waals surface area contributed by atoms with Crippen molar-refractivity contribution in [2.24, 2.45) is 118 Å². The van der Waals surface area contributed by atoms with Crippen LogP contribution in [0.4, 0.5) is 0 Å². The molecule has 24 atom stereocenters. The summed E-state index contributed by atoms with van der Waals surface area (Å²) in [4.78, 5) is 0. The largest absolute Gasteiger partial charge is 0.141 e. The predicted molar refractivity (Wildman–Crippen MR) is 307 cm³/mol. The summed E-state index contributed by atoms with van der Waals surface area (Å²) in [5, 5.41) is 0. The minimum Gasteiger partial charge on any atom is -0.141 e. The van der Waals surface area contributed by atoms with Crippen LogP contribution in [-0.4, -0.2) is 19.9 Å². The Bertz CT molecular complexity index is 1920. The fourth-order valence-electron chi connectivity index (χ4n) is 17.0. The molecule has 10 bridgehead atoms. The van der Waals surface area contributed by atoms with E-state index in [1.54, 1.807) is 12.8 Å². The Morgan fingerprint density at radius 1 is 0.358 bits per heavy atom. The summed E-state index contributed by atoms with van der Waals surface area (Å²) in [6.07, 6.45) is 79.9. The lowest BCUT2D eigenvalue weighted by atomic mass is 9.66. The lowest BCUT2D eigenvalue weighted by molar-refractivity contribution is 0.121. The van der Waals surface area contributed by atoms with Crippen molar-refractivity contribution in [3.8, 4) is 0 Å². The molecule has 0 aliphatic heterocycles. The summed E-state index contributed by atoms with van der Waals surface area (Å²) in [5.74, 6) is 20.8. The van der Waals surface area contributed by atoms with Crippen molar-refractivity contribution in [1.82, 2.24) is 0 Å². The van der Waals surface area contributed by atoms with E-state index in [0.29, 0.717) is 6.64 Å². The van der Waals surface area contributed by atoms with E-state index in [2.05, 4.69) is 179 Å². The molecular formula is C64H91P3. The van der Waals surface area contributed by atoms with Gasteiger partial charge in [0.2, 0.25) is 0 Å². The quantitative estimate of drug-likeness (QED) is 0.129. The second-order valence-electron chi connectivity index (χ2n) is 21.4.